The van der Waals surface area contributed by atoms with E-state index < -0.39 is 0 Å². The van der Waals surface area contributed by atoms with Gasteiger partial charge in [-0.15, -0.1) is 6.58 Å². The maximum absolute atomic E-state index is 3.98. The summed E-state index contributed by atoms with van der Waals surface area (Å²) in [5.74, 6) is 0. The quantitative estimate of drug-likeness (QED) is 0.623. The van der Waals surface area contributed by atoms with Crippen LogP contribution in [0.2, 0.25) is 0 Å². The van der Waals surface area contributed by atoms with E-state index in [1.807, 2.05) is 0 Å². The third-order valence-corrected chi connectivity index (χ3v) is 2.78. The van der Waals surface area contributed by atoms with E-state index in [-0.39, 0.29) is 0 Å². The number of hydrogen-bond donors (Lipinski definition) is 0. The molecule has 1 heteroatoms. The van der Waals surface area contributed by atoms with Gasteiger partial charge in [0.1, 0.15) is 0 Å². The Morgan fingerprint density at radius 1 is 1.12 bits per heavy atom. The lowest BCUT2D eigenvalue weighted by Crippen LogP contribution is -2.29. The van der Waals surface area contributed by atoms with Crippen molar-refractivity contribution >= 4 is 0 Å². The molecule has 0 radical (unpaired) electrons. The van der Waals surface area contributed by atoms with Gasteiger partial charge in [-0.25, -0.2) is 0 Å². The van der Waals surface area contributed by atoms with E-state index in [0.29, 0.717) is 6.04 Å². The van der Waals surface area contributed by atoms with Gasteiger partial charge in [0.2, 0.25) is 0 Å². The van der Waals surface area contributed by atoms with Crippen molar-refractivity contribution in [2.45, 2.75) is 32.7 Å². The van der Waals surface area contributed by atoms with Gasteiger partial charge in [0, 0.05) is 0 Å². The molecule has 0 aliphatic carbocycles. The highest BCUT2D eigenvalue weighted by Crippen LogP contribution is 2.21. The lowest BCUT2D eigenvalue weighted by molar-refractivity contribution is 0.232. The molecule has 0 aliphatic rings. The molecular weight excluding hydrogens is 194 g/mol. The number of hydrogen-bond acceptors (Lipinski definition) is 1. The summed E-state index contributed by atoms with van der Waals surface area (Å²) >= 11 is 0. The minimum atomic E-state index is 0.362. The summed E-state index contributed by atoms with van der Waals surface area (Å²) in [6, 6.07) is 11.0. The molecule has 1 aromatic rings. The summed E-state index contributed by atoms with van der Waals surface area (Å²) in [6.45, 7) is 10.7. The summed E-state index contributed by atoms with van der Waals surface area (Å²) in [5.41, 5.74) is 1.35. The SMILES string of the molecule is C=CC(c1ccccc1)N(CCC)CCC. The summed E-state index contributed by atoms with van der Waals surface area (Å²) in [6.07, 6.45) is 4.44. The first-order valence-electron chi connectivity index (χ1n) is 6.25. The summed E-state index contributed by atoms with van der Waals surface area (Å²) < 4.78 is 0. The molecule has 0 heterocycles. The second-order valence-corrected chi connectivity index (χ2v) is 4.13. The van der Waals surface area contributed by atoms with Gasteiger partial charge >= 0.3 is 0 Å². The van der Waals surface area contributed by atoms with Crippen LogP contribution in [0.1, 0.15) is 38.3 Å². The second-order valence-electron chi connectivity index (χ2n) is 4.13. The molecular formula is C15H23N. The maximum Gasteiger partial charge on any atom is 0.0528 e. The number of rotatable bonds is 7. The van der Waals surface area contributed by atoms with Crippen molar-refractivity contribution in [3.05, 3.63) is 48.6 Å². The first-order chi connectivity index (χ1) is 7.83. The smallest absolute Gasteiger partial charge is 0.0528 e. The minimum absolute atomic E-state index is 0.362. The summed E-state index contributed by atoms with van der Waals surface area (Å²) in [7, 11) is 0. The molecule has 0 bridgehead atoms. The topological polar surface area (TPSA) is 3.24 Å². The molecule has 0 aliphatic heterocycles. The molecule has 0 amide bonds. The molecule has 0 N–H and O–H groups in total. The molecule has 0 saturated heterocycles. The van der Waals surface area contributed by atoms with Crippen LogP contribution in [-0.2, 0) is 0 Å². The van der Waals surface area contributed by atoms with E-state index in [2.05, 4.69) is 61.7 Å². The summed E-state index contributed by atoms with van der Waals surface area (Å²) in [4.78, 5) is 2.50. The Balaban J connectivity index is 2.81. The normalized spacial score (nSPS) is 12.7. The fourth-order valence-corrected chi connectivity index (χ4v) is 2.11. The van der Waals surface area contributed by atoms with Crippen molar-refractivity contribution in [1.29, 1.82) is 0 Å². The van der Waals surface area contributed by atoms with E-state index in [0.717, 1.165) is 13.1 Å². The molecule has 1 nitrogen and oxygen atoms in total. The van der Waals surface area contributed by atoms with Gasteiger partial charge < -0.3 is 0 Å². The van der Waals surface area contributed by atoms with Gasteiger partial charge in [-0.05, 0) is 31.5 Å². The van der Waals surface area contributed by atoms with Gasteiger partial charge in [-0.1, -0.05) is 50.3 Å². The maximum atomic E-state index is 3.98. The Morgan fingerprint density at radius 2 is 1.69 bits per heavy atom. The fourth-order valence-electron chi connectivity index (χ4n) is 2.11. The Bertz CT molecular complexity index is 286. The van der Waals surface area contributed by atoms with Gasteiger partial charge in [0.05, 0.1) is 6.04 Å². The molecule has 1 rings (SSSR count). The van der Waals surface area contributed by atoms with E-state index in [4.69, 9.17) is 0 Å². The van der Waals surface area contributed by atoms with E-state index >= 15 is 0 Å². The van der Waals surface area contributed by atoms with Crippen LogP contribution >= 0.6 is 0 Å². The molecule has 88 valence electrons. The zero-order valence-corrected chi connectivity index (χ0v) is 10.5. The largest absolute Gasteiger partial charge is 0.293 e. The summed E-state index contributed by atoms with van der Waals surface area (Å²) in [5, 5.41) is 0. The first kappa shape index (κ1) is 13.0. The average Bonchev–Trinajstić information content (AvgIpc) is 2.32. The van der Waals surface area contributed by atoms with Crippen LogP contribution < -0.4 is 0 Å². The van der Waals surface area contributed by atoms with Crippen LogP contribution in [0.4, 0.5) is 0 Å². The third-order valence-electron chi connectivity index (χ3n) is 2.78. The van der Waals surface area contributed by atoms with Crippen LogP contribution in [-0.4, -0.2) is 18.0 Å². The molecule has 1 atom stereocenters. The van der Waals surface area contributed by atoms with Crippen LogP contribution in [0.25, 0.3) is 0 Å². The predicted molar refractivity (Wildman–Crippen MR) is 71.5 cm³/mol. The molecule has 0 fully saturated rings. The van der Waals surface area contributed by atoms with Gasteiger partial charge in [0.15, 0.2) is 0 Å². The minimum Gasteiger partial charge on any atom is -0.293 e. The number of benzene rings is 1. The molecule has 16 heavy (non-hydrogen) atoms. The van der Waals surface area contributed by atoms with Crippen molar-refractivity contribution in [2.24, 2.45) is 0 Å². The second kappa shape index (κ2) is 7.24. The zero-order chi connectivity index (χ0) is 11.8. The van der Waals surface area contributed by atoms with E-state index in [1.54, 1.807) is 0 Å². The zero-order valence-electron chi connectivity index (χ0n) is 10.5. The van der Waals surface area contributed by atoms with Crippen LogP contribution in [0.3, 0.4) is 0 Å². The Morgan fingerprint density at radius 3 is 2.12 bits per heavy atom. The number of nitrogens with zero attached hydrogens (tertiary/aromatic N) is 1. The molecule has 0 saturated carbocycles. The van der Waals surface area contributed by atoms with Crippen molar-refractivity contribution in [3.8, 4) is 0 Å². The van der Waals surface area contributed by atoms with Crippen molar-refractivity contribution in [3.63, 3.8) is 0 Å². The Hall–Kier alpha value is -1.08. The molecule has 1 aromatic carbocycles. The molecule has 1 unspecified atom stereocenters. The van der Waals surface area contributed by atoms with Gasteiger partial charge in [-0.2, -0.15) is 0 Å². The highest BCUT2D eigenvalue weighted by atomic mass is 15.1. The predicted octanol–water partition coefficient (Wildman–Crippen LogP) is 4.04. The Labute approximate surface area is 99.8 Å². The van der Waals surface area contributed by atoms with Crippen molar-refractivity contribution in [1.82, 2.24) is 4.90 Å². The van der Waals surface area contributed by atoms with Crippen LogP contribution in [0, 0.1) is 0 Å². The van der Waals surface area contributed by atoms with Crippen LogP contribution in [0.15, 0.2) is 43.0 Å². The highest BCUT2D eigenvalue weighted by molar-refractivity contribution is 5.22. The fraction of sp³-hybridized carbons (Fsp3) is 0.467. The highest BCUT2D eigenvalue weighted by Gasteiger charge is 2.14. The van der Waals surface area contributed by atoms with Gasteiger partial charge in [-0.3, -0.25) is 4.90 Å². The lowest BCUT2D eigenvalue weighted by atomic mass is 10.0. The third kappa shape index (κ3) is 3.49. The molecule has 0 aromatic heterocycles. The van der Waals surface area contributed by atoms with E-state index in [1.165, 1.54) is 18.4 Å². The lowest BCUT2D eigenvalue weighted by Gasteiger charge is -2.29. The first-order valence-corrected chi connectivity index (χ1v) is 6.25. The van der Waals surface area contributed by atoms with E-state index in [9.17, 15) is 0 Å². The van der Waals surface area contributed by atoms with Crippen molar-refractivity contribution in [2.75, 3.05) is 13.1 Å². The standard InChI is InChI=1S/C15H23N/c1-4-12-16(13-5-2)15(6-3)14-10-8-7-9-11-14/h6-11,15H,3-5,12-13H2,1-2H3. The Kier molecular flexibility index (Phi) is 5.87. The van der Waals surface area contributed by atoms with Gasteiger partial charge in [0.25, 0.3) is 0 Å². The van der Waals surface area contributed by atoms with Crippen molar-refractivity contribution < 1.29 is 0 Å². The van der Waals surface area contributed by atoms with Crippen LogP contribution in [0.5, 0.6) is 0 Å². The molecule has 0 spiro atoms. The average molecular weight is 217 g/mol. The monoisotopic (exact) mass is 217 g/mol.